The van der Waals surface area contributed by atoms with Gasteiger partial charge in [0.2, 0.25) is 5.91 Å². The monoisotopic (exact) mass is 435 g/mol. The molecule has 0 saturated carbocycles. The Morgan fingerprint density at radius 1 is 1.43 bits per heavy atom. The predicted molar refractivity (Wildman–Crippen MR) is 96.0 cm³/mol. The van der Waals surface area contributed by atoms with Crippen molar-refractivity contribution in [3.05, 3.63) is 0 Å². The average molecular weight is 435 g/mol. The fraction of sp³-hybridized carbons (Fsp3) is 0.812. The number of likely N-dealkylation sites (tertiary alicyclic amines) is 1. The van der Waals surface area contributed by atoms with Crippen molar-refractivity contribution in [2.24, 2.45) is 5.92 Å². The molecule has 6 nitrogen and oxygen atoms in total. The molecule has 1 heterocycles. The van der Waals surface area contributed by atoms with Crippen LogP contribution in [0.5, 0.6) is 0 Å². The molecule has 0 aliphatic carbocycles. The summed E-state index contributed by atoms with van der Waals surface area (Å²) in [5, 5.41) is 9.33. The molecule has 0 aromatic rings. The smallest absolute Gasteiger partial charge is 0.410 e. The van der Waals surface area contributed by atoms with Gasteiger partial charge in [-0.05, 0) is 62.1 Å². The second kappa shape index (κ2) is 7.69. The van der Waals surface area contributed by atoms with Gasteiger partial charge in [-0.15, -0.1) is 0 Å². The fourth-order valence-corrected chi connectivity index (χ4v) is 3.33. The van der Waals surface area contributed by atoms with E-state index in [1.165, 1.54) is 4.90 Å². The summed E-state index contributed by atoms with van der Waals surface area (Å²) < 4.78 is 4.59. The number of carbonyl (C=O) groups excluding carboxylic acids is 2. The van der Waals surface area contributed by atoms with Gasteiger partial charge < -0.3 is 9.64 Å². The molecule has 1 fully saturated rings. The van der Waals surface area contributed by atoms with E-state index in [4.69, 9.17) is 4.74 Å². The predicted octanol–water partition coefficient (Wildman–Crippen LogP) is 3.16. The summed E-state index contributed by atoms with van der Waals surface area (Å²) in [4.78, 5) is 28.0. The van der Waals surface area contributed by atoms with Gasteiger partial charge in [0.15, 0.2) is 3.55 Å². The molecule has 0 radical (unpaired) electrons. The first-order valence-corrected chi connectivity index (χ1v) is 8.95. The molecule has 23 heavy (non-hydrogen) atoms. The lowest BCUT2D eigenvalue weighted by Crippen LogP contribution is -2.49. The molecule has 7 heteroatoms. The van der Waals surface area contributed by atoms with Crippen molar-refractivity contribution in [1.82, 2.24) is 9.80 Å². The van der Waals surface area contributed by atoms with Gasteiger partial charge in [0.1, 0.15) is 18.2 Å². The number of amides is 2. The molecular formula is C16H26IN3O3. The van der Waals surface area contributed by atoms with Crippen molar-refractivity contribution in [2.45, 2.75) is 56.6 Å². The standard InChI is InChI=1S/C16H26IN3O3/c1-12(2)9-19(14(22)23-15(3,4)5)10-13(21)20-8-6-7-16(20,17)11-18/h12H,6-10H2,1-5H3/t16-/m1/s1. The summed E-state index contributed by atoms with van der Waals surface area (Å²) in [7, 11) is 0. The van der Waals surface area contributed by atoms with Crippen LogP contribution in [0.15, 0.2) is 0 Å². The Labute approximate surface area is 152 Å². The molecule has 1 rings (SSSR count). The SMILES string of the molecule is CC(C)CN(CC(=O)N1CCC[C@]1(I)C#N)C(=O)OC(C)(C)C. The highest BCUT2D eigenvalue weighted by molar-refractivity contribution is 14.1. The van der Waals surface area contributed by atoms with Crippen LogP contribution in [0, 0.1) is 17.2 Å². The van der Waals surface area contributed by atoms with Gasteiger partial charge in [0, 0.05) is 13.1 Å². The van der Waals surface area contributed by atoms with Crippen LogP contribution in [-0.4, -0.2) is 50.6 Å². The van der Waals surface area contributed by atoms with Crippen LogP contribution >= 0.6 is 22.6 Å². The Morgan fingerprint density at radius 3 is 2.52 bits per heavy atom. The molecule has 0 aromatic heterocycles. The molecule has 2 amide bonds. The van der Waals surface area contributed by atoms with E-state index in [1.807, 2.05) is 36.4 Å². The summed E-state index contributed by atoms with van der Waals surface area (Å²) in [6.45, 7) is 10.3. The van der Waals surface area contributed by atoms with Crippen LogP contribution in [0.1, 0.15) is 47.5 Å². The highest BCUT2D eigenvalue weighted by Crippen LogP contribution is 2.35. The Bertz CT molecular complexity index is 496. The molecule has 1 aliphatic rings. The largest absolute Gasteiger partial charge is 0.444 e. The summed E-state index contributed by atoms with van der Waals surface area (Å²) in [5.74, 6) is 0.0131. The molecule has 0 aromatic carbocycles. The molecular weight excluding hydrogens is 409 g/mol. The van der Waals surface area contributed by atoms with Gasteiger partial charge in [-0.1, -0.05) is 13.8 Å². The van der Waals surface area contributed by atoms with E-state index in [-0.39, 0.29) is 18.4 Å². The van der Waals surface area contributed by atoms with Crippen LogP contribution in [0.2, 0.25) is 0 Å². The summed E-state index contributed by atoms with van der Waals surface area (Å²) >= 11 is 2.03. The Balaban J connectivity index is 2.83. The molecule has 1 aliphatic heterocycles. The summed E-state index contributed by atoms with van der Waals surface area (Å²) in [6.07, 6.45) is 0.973. The van der Waals surface area contributed by atoms with Crippen molar-refractivity contribution in [3.63, 3.8) is 0 Å². The zero-order valence-electron chi connectivity index (χ0n) is 14.6. The molecule has 0 spiro atoms. The van der Waals surface area contributed by atoms with Gasteiger partial charge >= 0.3 is 6.09 Å². The van der Waals surface area contributed by atoms with Crippen molar-refractivity contribution >= 4 is 34.6 Å². The minimum atomic E-state index is -0.799. The second-order valence-corrected chi connectivity index (χ2v) is 9.06. The topological polar surface area (TPSA) is 73.6 Å². The van der Waals surface area contributed by atoms with Crippen LogP contribution in [0.4, 0.5) is 4.79 Å². The van der Waals surface area contributed by atoms with Crippen LogP contribution in [-0.2, 0) is 9.53 Å². The first-order chi connectivity index (χ1) is 10.5. The first-order valence-electron chi connectivity index (χ1n) is 7.87. The van der Waals surface area contributed by atoms with Crippen LogP contribution < -0.4 is 0 Å². The quantitative estimate of drug-likeness (QED) is 0.386. The molecule has 0 N–H and O–H groups in total. The minimum absolute atomic E-state index is 0.0560. The number of nitrogens with zero attached hydrogens (tertiary/aromatic N) is 3. The number of hydrogen-bond acceptors (Lipinski definition) is 4. The maximum absolute atomic E-state index is 12.6. The number of hydrogen-bond donors (Lipinski definition) is 0. The number of halogens is 1. The number of nitriles is 1. The number of ether oxygens (including phenoxy) is 1. The van der Waals surface area contributed by atoms with Crippen LogP contribution in [0.25, 0.3) is 0 Å². The van der Waals surface area contributed by atoms with Crippen molar-refractivity contribution in [2.75, 3.05) is 19.6 Å². The normalized spacial score (nSPS) is 21.2. The van der Waals surface area contributed by atoms with E-state index in [9.17, 15) is 14.9 Å². The maximum Gasteiger partial charge on any atom is 0.410 e. The van der Waals surface area contributed by atoms with Gasteiger partial charge in [-0.3, -0.25) is 9.69 Å². The zero-order valence-corrected chi connectivity index (χ0v) is 16.7. The third kappa shape index (κ3) is 5.83. The van der Waals surface area contributed by atoms with Gasteiger partial charge in [0.05, 0.1) is 0 Å². The number of alkyl halides is 1. The van der Waals surface area contributed by atoms with Crippen molar-refractivity contribution in [1.29, 1.82) is 5.26 Å². The highest BCUT2D eigenvalue weighted by Gasteiger charge is 2.42. The highest BCUT2D eigenvalue weighted by atomic mass is 127. The third-order valence-corrected chi connectivity index (χ3v) is 4.72. The second-order valence-electron chi connectivity index (χ2n) is 7.27. The summed E-state index contributed by atoms with van der Waals surface area (Å²) in [5.41, 5.74) is -0.608. The third-order valence-electron chi connectivity index (χ3n) is 3.35. The zero-order chi connectivity index (χ0) is 17.8. The van der Waals surface area contributed by atoms with E-state index in [1.54, 1.807) is 25.7 Å². The lowest BCUT2D eigenvalue weighted by molar-refractivity contribution is -0.132. The van der Waals surface area contributed by atoms with E-state index < -0.39 is 15.2 Å². The number of carbonyl (C=O) groups is 2. The molecule has 0 unspecified atom stereocenters. The van der Waals surface area contributed by atoms with Gasteiger partial charge in [0.25, 0.3) is 0 Å². The Hall–Kier alpha value is -1.04. The lowest BCUT2D eigenvalue weighted by Gasteiger charge is -2.32. The Morgan fingerprint density at radius 2 is 2.04 bits per heavy atom. The average Bonchev–Trinajstić information content (AvgIpc) is 2.78. The van der Waals surface area contributed by atoms with E-state index in [0.717, 1.165) is 6.42 Å². The maximum atomic E-state index is 12.6. The van der Waals surface area contributed by atoms with E-state index in [2.05, 4.69) is 6.07 Å². The molecule has 1 saturated heterocycles. The Kier molecular flexibility index (Phi) is 6.69. The number of rotatable bonds is 4. The molecule has 0 bridgehead atoms. The summed E-state index contributed by atoms with van der Waals surface area (Å²) in [6, 6.07) is 2.21. The fourth-order valence-electron chi connectivity index (χ4n) is 2.44. The van der Waals surface area contributed by atoms with Crippen LogP contribution in [0.3, 0.4) is 0 Å². The van der Waals surface area contributed by atoms with Crippen molar-refractivity contribution < 1.29 is 14.3 Å². The van der Waals surface area contributed by atoms with Gasteiger partial charge in [-0.25, -0.2) is 4.79 Å². The lowest BCUT2D eigenvalue weighted by atomic mass is 10.2. The first kappa shape index (κ1) is 20.0. The van der Waals surface area contributed by atoms with E-state index in [0.29, 0.717) is 19.5 Å². The minimum Gasteiger partial charge on any atom is -0.444 e. The van der Waals surface area contributed by atoms with Crippen molar-refractivity contribution in [3.8, 4) is 6.07 Å². The van der Waals surface area contributed by atoms with Gasteiger partial charge in [-0.2, -0.15) is 5.26 Å². The molecule has 130 valence electrons. The molecule has 1 atom stereocenters. The van der Waals surface area contributed by atoms with E-state index >= 15 is 0 Å².